The molecule has 0 radical (unpaired) electrons. The van der Waals surface area contributed by atoms with Gasteiger partial charge in [0, 0.05) is 29.7 Å². The van der Waals surface area contributed by atoms with Gasteiger partial charge in [-0.05, 0) is 43.2 Å². The van der Waals surface area contributed by atoms with E-state index in [-0.39, 0.29) is 17.9 Å². The molecular formula is C24H30Cl2N2O2. The summed E-state index contributed by atoms with van der Waals surface area (Å²) in [5.74, 6) is 0.599. The van der Waals surface area contributed by atoms with E-state index < -0.39 is 0 Å². The quantitative estimate of drug-likeness (QED) is 0.434. The number of hydrogen-bond acceptors (Lipinski definition) is 3. The lowest BCUT2D eigenvalue weighted by Crippen LogP contribution is -2.44. The first kappa shape index (κ1) is 21.7. The molecule has 0 N–H and O–H groups in total. The Kier molecular flexibility index (Phi) is 6.45. The molecule has 162 valence electrons. The molecule has 4 nitrogen and oxygen atoms in total. The average Bonchev–Trinajstić information content (AvgIpc) is 2.84. The van der Waals surface area contributed by atoms with Crippen LogP contribution >= 0.6 is 23.2 Å². The van der Waals surface area contributed by atoms with Crippen molar-refractivity contribution in [1.82, 2.24) is 9.80 Å². The SMILES string of the molecule is CC1CC(C)CN(C2=C(c3ccc(Cl)cc3Cl)C(=O)N(C3CCCCCC3)C2=O)C1. The van der Waals surface area contributed by atoms with Crippen LogP contribution in [0.3, 0.4) is 0 Å². The molecule has 6 heteroatoms. The molecule has 4 rings (SSSR count). The van der Waals surface area contributed by atoms with E-state index in [4.69, 9.17) is 23.2 Å². The summed E-state index contributed by atoms with van der Waals surface area (Å²) in [6.07, 6.45) is 7.37. The van der Waals surface area contributed by atoms with Crippen molar-refractivity contribution >= 4 is 40.6 Å². The topological polar surface area (TPSA) is 40.6 Å². The van der Waals surface area contributed by atoms with Crippen LogP contribution in [0.4, 0.5) is 0 Å². The first-order valence-electron chi connectivity index (χ1n) is 11.2. The van der Waals surface area contributed by atoms with Crippen molar-refractivity contribution in [2.24, 2.45) is 11.8 Å². The molecule has 2 aliphatic heterocycles. The third-order valence-electron chi connectivity index (χ3n) is 6.67. The Labute approximate surface area is 189 Å². The van der Waals surface area contributed by atoms with Gasteiger partial charge in [0.05, 0.1) is 10.6 Å². The maximum atomic E-state index is 13.7. The normalized spacial score (nSPS) is 26.5. The molecule has 3 aliphatic rings. The van der Waals surface area contributed by atoms with E-state index in [1.807, 2.05) is 0 Å². The summed E-state index contributed by atoms with van der Waals surface area (Å²) < 4.78 is 0. The summed E-state index contributed by atoms with van der Waals surface area (Å²) in [4.78, 5) is 31.1. The number of carbonyl (C=O) groups is 2. The van der Waals surface area contributed by atoms with Gasteiger partial charge in [-0.3, -0.25) is 14.5 Å². The Morgan fingerprint density at radius 2 is 1.53 bits per heavy atom. The Morgan fingerprint density at radius 3 is 2.13 bits per heavy atom. The van der Waals surface area contributed by atoms with E-state index in [0.29, 0.717) is 38.7 Å². The molecule has 0 aromatic heterocycles. The van der Waals surface area contributed by atoms with Crippen molar-refractivity contribution in [3.63, 3.8) is 0 Å². The van der Waals surface area contributed by atoms with Crippen LogP contribution in [0, 0.1) is 11.8 Å². The molecule has 2 unspecified atom stereocenters. The van der Waals surface area contributed by atoms with Crippen molar-refractivity contribution in [1.29, 1.82) is 0 Å². The number of halogens is 2. The van der Waals surface area contributed by atoms with Gasteiger partial charge >= 0.3 is 0 Å². The van der Waals surface area contributed by atoms with Crippen molar-refractivity contribution in [2.45, 2.75) is 64.8 Å². The second-order valence-corrected chi connectivity index (χ2v) is 10.2. The second-order valence-electron chi connectivity index (χ2n) is 9.32. The number of amides is 2. The molecule has 0 spiro atoms. The van der Waals surface area contributed by atoms with E-state index >= 15 is 0 Å². The van der Waals surface area contributed by atoms with Gasteiger partial charge in [0.2, 0.25) is 0 Å². The zero-order valence-electron chi connectivity index (χ0n) is 17.8. The van der Waals surface area contributed by atoms with Crippen LogP contribution in [0.15, 0.2) is 23.9 Å². The summed E-state index contributed by atoms with van der Waals surface area (Å²) in [5.41, 5.74) is 1.59. The smallest absolute Gasteiger partial charge is 0.278 e. The van der Waals surface area contributed by atoms with Crippen molar-refractivity contribution in [2.75, 3.05) is 13.1 Å². The first-order valence-corrected chi connectivity index (χ1v) is 11.9. The first-order chi connectivity index (χ1) is 14.4. The Morgan fingerprint density at radius 1 is 0.900 bits per heavy atom. The Balaban J connectivity index is 1.79. The molecule has 1 saturated carbocycles. The number of nitrogens with zero attached hydrogens (tertiary/aromatic N) is 2. The highest BCUT2D eigenvalue weighted by Crippen LogP contribution is 2.40. The predicted molar refractivity (Wildman–Crippen MR) is 121 cm³/mol. The number of carbonyl (C=O) groups excluding carboxylic acids is 2. The third-order valence-corrected chi connectivity index (χ3v) is 7.21. The van der Waals surface area contributed by atoms with E-state index in [2.05, 4.69) is 18.7 Å². The fourth-order valence-electron chi connectivity index (χ4n) is 5.46. The molecule has 1 aliphatic carbocycles. The maximum Gasteiger partial charge on any atom is 0.278 e. The lowest BCUT2D eigenvalue weighted by atomic mass is 9.91. The van der Waals surface area contributed by atoms with Gasteiger partial charge in [0.25, 0.3) is 11.8 Å². The minimum Gasteiger partial charge on any atom is -0.366 e. The van der Waals surface area contributed by atoms with Gasteiger partial charge in [0.15, 0.2) is 0 Å². The van der Waals surface area contributed by atoms with Crippen LogP contribution in [0.2, 0.25) is 10.0 Å². The summed E-state index contributed by atoms with van der Waals surface area (Å²) in [6.45, 7) is 5.99. The Bertz CT molecular complexity index is 864. The lowest BCUT2D eigenvalue weighted by molar-refractivity contribution is -0.140. The zero-order valence-corrected chi connectivity index (χ0v) is 19.3. The fourth-order valence-corrected chi connectivity index (χ4v) is 5.96. The van der Waals surface area contributed by atoms with Gasteiger partial charge in [-0.25, -0.2) is 0 Å². The summed E-state index contributed by atoms with van der Waals surface area (Å²) in [7, 11) is 0. The number of piperidine rings is 1. The minimum absolute atomic E-state index is 0.0225. The summed E-state index contributed by atoms with van der Waals surface area (Å²) in [6, 6.07) is 5.14. The molecular weight excluding hydrogens is 419 g/mol. The highest BCUT2D eigenvalue weighted by atomic mass is 35.5. The van der Waals surface area contributed by atoms with Gasteiger partial charge in [-0.2, -0.15) is 0 Å². The molecule has 1 saturated heterocycles. The van der Waals surface area contributed by atoms with Crippen LogP contribution in [-0.2, 0) is 9.59 Å². The maximum absolute atomic E-state index is 13.7. The van der Waals surface area contributed by atoms with E-state index in [1.54, 1.807) is 23.1 Å². The molecule has 1 aromatic rings. The van der Waals surface area contributed by atoms with Gasteiger partial charge < -0.3 is 4.90 Å². The van der Waals surface area contributed by atoms with Crippen LogP contribution in [-0.4, -0.2) is 40.7 Å². The number of imide groups is 1. The van der Waals surface area contributed by atoms with E-state index in [9.17, 15) is 9.59 Å². The summed E-state index contributed by atoms with van der Waals surface area (Å²) in [5, 5.41) is 0.931. The van der Waals surface area contributed by atoms with Crippen LogP contribution in [0.1, 0.15) is 64.4 Å². The number of benzene rings is 1. The highest BCUT2D eigenvalue weighted by molar-refractivity contribution is 6.41. The van der Waals surface area contributed by atoms with Crippen LogP contribution in [0.25, 0.3) is 5.57 Å². The molecule has 30 heavy (non-hydrogen) atoms. The molecule has 2 heterocycles. The molecule has 2 fully saturated rings. The van der Waals surface area contributed by atoms with E-state index in [0.717, 1.165) is 45.2 Å². The van der Waals surface area contributed by atoms with Crippen LogP contribution < -0.4 is 0 Å². The van der Waals surface area contributed by atoms with Gasteiger partial charge in [0.1, 0.15) is 5.70 Å². The molecule has 2 amide bonds. The number of rotatable bonds is 3. The monoisotopic (exact) mass is 448 g/mol. The van der Waals surface area contributed by atoms with Crippen molar-refractivity contribution < 1.29 is 9.59 Å². The molecule has 1 aromatic carbocycles. The lowest BCUT2D eigenvalue weighted by Gasteiger charge is -2.37. The Hall–Kier alpha value is -1.52. The van der Waals surface area contributed by atoms with Crippen LogP contribution in [0.5, 0.6) is 0 Å². The van der Waals surface area contributed by atoms with Crippen molar-refractivity contribution in [3.05, 3.63) is 39.5 Å². The third kappa shape index (κ3) is 4.13. The highest BCUT2D eigenvalue weighted by Gasteiger charge is 2.46. The molecule has 0 bridgehead atoms. The van der Waals surface area contributed by atoms with Gasteiger partial charge in [-0.1, -0.05) is 68.8 Å². The summed E-state index contributed by atoms with van der Waals surface area (Å²) >= 11 is 12.6. The minimum atomic E-state index is -0.197. The fraction of sp³-hybridized carbons (Fsp3) is 0.583. The zero-order chi connectivity index (χ0) is 21.4. The average molecular weight is 449 g/mol. The van der Waals surface area contributed by atoms with E-state index in [1.165, 1.54) is 12.8 Å². The second kappa shape index (κ2) is 8.92. The predicted octanol–water partition coefficient (Wildman–Crippen LogP) is 5.77. The standard InChI is InChI=1S/C24H30Cl2N2O2/c1-15-11-16(2)14-27(13-15)22-21(19-10-9-17(25)12-20(19)26)23(29)28(24(22)30)18-7-5-3-4-6-8-18/h9-10,12,15-16,18H,3-8,11,13-14H2,1-2H3. The van der Waals surface area contributed by atoms with Gasteiger partial charge in [-0.15, -0.1) is 0 Å². The number of hydrogen-bond donors (Lipinski definition) is 0. The molecule has 2 atom stereocenters. The largest absolute Gasteiger partial charge is 0.366 e. The number of likely N-dealkylation sites (tertiary alicyclic amines) is 1. The van der Waals surface area contributed by atoms with Crippen molar-refractivity contribution in [3.8, 4) is 0 Å².